The third-order valence-corrected chi connectivity index (χ3v) is 3.97. The zero-order valence-corrected chi connectivity index (χ0v) is 12.5. The number of fused-ring (bicyclic) bond motifs is 15. The van der Waals surface area contributed by atoms with Crippen molar-refractivity contribution in [3.8, 4) is 0 Å². The standard InChI is InChI=1S/C14H28N2O4/c1-7-17-9-3-16-4-10-18-8-2-15(1)5-11-19-13-14-20-12-6-16/h1-14H2/p+2. The monoisotopic (exact) mass is 290 g/mol. The van der Waals surface area contributed by atoms with Gasteiger partial charge in [-0.25, -0.2) is 0 Å². The Morgan fingerprint density at radius 1 is 0.350 bits per heavy atom. The zero-order chi connectivity index (χ0) is 13.9. The van der Waals surface area contributed by atoms with Gasteiger partial charge in [-0.3, -0.25) is 0 Å². The van der Waals surface area contributed by atoms with Crippen LogP contribution in [0.5, 0.6) is 0 Å². The first-order valence-electron chi connectivity index (χ1n) is 7.93. The molecule has 0 aromatic rings. The fourth-order valence-corrected chi connectivity index (χ4v) is 2.58. The van der Waals surface area contributed by atoms with Gasteiger partial charge in [-0.05, 0) is 0 Å². The summed E-state index contributed by atoms with van der Waals surface area (Å²) in [4.78, 5) is 3.01. The van der Waals surface area contributed by atoms with Crippen molar-refractivity contribution in [1.29, 1.82) is 0 Å². The van der Waals surface area contributed by atoms with Crippen LogP contribution in [0.2, 0.25) is 0 Å². The van der Waals surface area contributed by atoms with Gasteiger partial charge in [-0.1, -0.05) is 0 Å². The van der Waals surface area contributed by atoms with Crippen molar-refractivity contribution < 1.29 is 28.7 Å². The lowest BCUT2D eigenvalue weighted by Crippen LogP contribution is -3.14. The summed E-state index contributed by atoms with van der Waals surface area (Å²) in [6.45, 7) is 12.5. The topological polar surface area (TPSA) is 45.8 Å². The summed E-state index contributed by atoms with van der Waals surface area (Å²) in [5.74, 6) is 0. The predicted octanol–water partition coefficient (Wildman–Crippen LogP) is -3.15. The fourth-order valence-electron chi connectivity index (χ4n) is 2.58. The minimum Gasteiger partial charge on any atom is -0.373 e. The summed E-state index contributed by atoms with van der Waals surface area (Å²) in [6.07, 6.45) is 0. The SMILES string of the molecule is C1COCC[NH+]2CCOCC[NH+](CCO1)CCOCC2. The Hall–Kier alpha value is -0.240. The molecule has 3 fully saturated rings. The number of hydrogen-bond donors (Lipinski definition) is 2. The molecule has 2 N–H and O–H groups in total. The van der Waals surface area contributed by atoms with Crippen molar-refractivity contribution in [2.45, 2.75) is 0 Å². The molecule has 0 radical (unpaired) electrons. The van der Waals surface area contributed by atoms with Gasteiger partial charge in [0, 0.05) is 0 Å². The highest BCUT2D eigenvalue weighted by Gasteiger charge is 2.13. The molecule has 0 unspecified atom stereocenters. The Balaban J connectivity index is 1.88. The number of hydrogen-bond acceptors (Lipinski definition) is 4. The van der Waals surface area contributed by atoms with E-state index < -0.39 is 0 Å². The molecule has 0 spiro atoms. The van der Waals surface area contributed by atoms with Crippen LogP contribution in [0.3, 0.4) is 0 Å². The van der Waals surface area contributed by atoms with E-state index in [9.17, 15) is 0 Å². The van der Waals surface area contributed by atoms with Gasteiger partial charge in [0.2, 0.25) is 0 Å². The second kappa shape index (κ2) is 10.5. The Morgan fingerprint density at radius 3 is 0.900 bits per heavy atom. The molecule has 6 nitrogen and oxygen atoms in total. The maximum absolute atomic E-state index is 5.78. The highest BCUT2D eigenvalue weighted by atomic mass is 16.5. The normalized spacial score (nSPS) is 32.4. The largest absolute Gasteiger partial charge is 0.373 e. The lowest BCUT2D eigenvalue weighted by molar-refractivity contribution is -0.908. The van der Waals surface area contributed by atoms with Crippen LogP contribution in [0.15, 0.2) is 0 Å². The van der Waals surface area contributed by atoms with Gasteiger partial charge in [0.05, 0.1) is 52.9 Å². The number of quaternary nitrogens is 2. The van der Waals surface area contributed by atoms with Crippen LogP contribution < -0.4 is 9.80 Å². The first-order chi connectivity index (χ1) is 9.95. The number of nitrogens with one attached hydrogen (secondary N) is 2. The Labute approximate surface area is 121 Å². The van der Waals surface area contributed by atoms with Gasteiger partial charge in [-0.15, -0.1) is 0 Å². The fraction of sp³-hybridized carbons (Fsp3) is 1.00. The number of ether oxygens (including phenoxy) is 4. The molecule has 0 amide bonds. The highest BCUT2D eigenvalue weighted by Crippen LogP contribution is 1.79. The van der Waals surface area contributed by atoms with E-state index in [1.54, 1.807) is 0 Å². The third kappa shape index (κ3) is 6.97. The molecule has 3 aliphatic rings. The second-order valence-electron chi connectivity index (χ2n) is 5.45. The van der Waals surface area contributed by atoms with E-state index in [-0.39, 0.29) is 0 Å². The summed E-state index contributed by atoms with van der Waals surface area (Å²) >= 11 is 0. The van der Waals surface area contributed by atoms with Crippen molar-refractivity contribution in [2.75, 3.05) is 92.1 Å². The molecule has 3 heterocycles. The predicted molar refractivity (Wildman–Crippen MR) is 74.4 cm³/mol. The minimum absolute atomic E-state index is 0.704. The van der Waals surface area contributed by atoms with Crippen LogP contribution in [-0.4, -0.2) is 92.1 Å². The van der Waals surface area contributed by atoms with Gasteiger partial charge >= 0.3 is 0 Å². The third-order valence-electron chi connectivity index (χ3n) is 3.97. The molecule has 3 rings (SSSR count). The van der Waals surface area contributed by atoms with Crippen molar-refractivity contribution in [1.82, 2.24) is 0 Å². The first kappa shape index (κ1) is 16.1. The number of rotatable bonds is 0. The van der Waals surface area contributed by atoms with E-state index in [0.717, 1.165) is 78.9 Å². The van der Waals surface area contributed by atoms with Crippen molar-refractivity contribution in [2.24, 2.45) is 0 Å². The van der Waals surface area contributed by atoms with Crippen LogP contribution in [-0.2, 0) is 18.9 Å². The minimum atomic E-state index is 0.704. The van der Waals surface area contributed by atoms with E-state index in [1.165, 1.54) is 9.80 Å². The Kier molecular flexibility index (Phi) is 8.46. The molecular weight excluding hydrogens is 260 g/mol. The van der Waals surface area contributed by atoms with Crippen molar-refractivity contribution >= 4 is 0 Å². The smallest absolute Gasteiger partial charge is 0.101 e. The first-order valence-corrected chi connectivity index (χ1v) is 7.93. The quantitative estimate of drug-likeness (QED) is 0.495. The van der Waals surface area contributed by atoms with E-state index in [4.69, 9.17) is 18.9 Å². The molecule has 6 heteroatoms. The summed E-state index contributed by atoms with van der Waals surface area (Å²) < 4.78 is 22.8. The van der Waals surface area contributed by atoms with Gasteiger partial charge in [-0.2, -0.15) is 0 Å². The van der Waals surface area contributed by atoms with Gasteiger partial charge in [0.1, 0.15) is 39.3 Å². The molecule has 0 atom stereocenters. The van der Waals surface area contributed by atoms with E-state index in [1.807, 2.05) is 0 Å². The van der Waals surface area contributed by atoms with Crippen LogP contribution in [0.1, 0.15) is 0 Å². The van der Waals surface area contributed by atoms with Gasteiger partial charge in [0.25, 0.3) is 0 Å². The average molecular weight is 290 g/mol. The zero-order valence-electron chi connectivity index (χ0n) is 12.5. The molecule has 0 aromatic heterocycles. The second-order valence-corrected chi connectivity index (χ2v) is 5.45. The Morgan fingerprint density at radius 2 is 0.600 bits per heavy atom. The maximum atomic E-state index is 5.78. The van der Waals surface area contributed by atoms with Crippen LogP contribution in [0.4, 0.5) is 0 Å². The Bertz CT molecular complexity index is 202. The molecule has 118 valence electrons. The maximum Gasteiger partial charge on any atom is 0.101 e. The molecule has 3 saturated heterocycles. The lowest BCUT2D eigenvalue weighted by Gasteiger charge is -2.22. The summed E-state index contributed by atoms with van der Waals surface area (Å²) in [5.41, 5.74) is 0. The molecule has 0 aliphatic carbocycles. The molecule has 20 heavy (non-hydrogen) atoms. The van der Waals surface area contributed by atoms with E-state index in [0.29, 0.717) is 13.2 Å². The van der Waals surface area contributed by atoms with Crippen molar-refractivity contribution in [3.05, 3.63) is 0 Å². The molecule has 0 saturated carbocycles. The van der Waals surface area contributed by atoms with E-state index >= 15 is 0 Å². The molecule has 0 aromatic carbocycles. The van der Waals surface area contributed by atoms with Gasteiger partial charge < -0.3 is 28.7 Å². The highest BCUT2D eigenvalue weighted by molar-refractivity contribution is 4.41. The summed E-state index contributed by atoms with van der Waals surface area (Å²) in [6, 6.07) is 0. The lowest BCUT2D eigenvalue weighted by atomic mass is 10.4. The molecule has 3 aliphatic heterocycles. The van der Waals surface area contributed by atoms with Crippen LogP contribution in [0.25, 0.3) is 0 Å². The van der Waals surface area contributed by atoms with Crippen LogP contribution >= 0.6 is 0 Å². The van der Waals surface area contributed by atoms with Gasteiger partial charge in [0.15, 0.2) is 0 Å². The summed E-state index contributed by atoms with van der Waals surface area (Å²) in [5, 5.41) is 0. The summed E-state index contributed by atoms with van der Waals surface area (Å²) in [7, 11) is 0. The molecule has 2 bridgehead atoms. The molecular formula is C14H30N2O4+2. The van der Waals surface area contributed by atoms with Crippen LogP contribution in [0, 0.1) is 0 Å². The van der Waals surface area contributed by atoms with E-state index in [2.05, 4.69) is 0 Å². The van der Waals surface area contributed by atoms with Crippen molar-refractivity contribution in [3.63, 3.8) is 0 Å². The average Bonchev–Trinajstić information content (AvgIpc) is 2.46.